The normalized spacial score (nSPS) is 23.9. The van der Waals surface area contributed by atoms with Gasteiger partial charge in [0.25, 0.3) is 0 Å². The van der Waals surface area contributed by atoms with Crippen molar-refractivity contribution in [1.82, 2.24) is 20.2 Å². The van der Waals surface area contributed by atoms with Crippen molar-refractivity contribution in [1.29, 1.82) is 0 Å². The molecule has 0 saturated carbocycles. The van der Waals surface area contributed by atoms with Gasteiger partial charge in [-0.05, 0) is 24.8 Å². The maximum atomic E-state index is 4.42. The second-order valence-electron chi connectivity index (χ2n) is 6.39. The molecule has 2 heterocycles. The number of hydrogen-bond donors (Lipinski definition) is 1. The number of hydrogen-bond acceptors (Lipinski definition) is 4. The summed E-state index contributed by atoms with van der Waals surface area (Å²) in [7, 11) is 0. The second-order valence-corrected chi connectivity index (χ2v) is 6.39. The van der Waals surface area contributed by atoms with Gasteiger partial charge in [-0.1, -0.05) is 34.1 Å². The van der Waals surface area contributed by atoms with Crippen molar-refractivity contribution in [3.63, 3.8) is 0 Å². The first-order valence-corrected chi connectivity index (χ1v) is 8.39. The maximum absolute atomic E-state index is 4.42. The monoisotopic (exact) mass is 290 g/mol. The molecule has 0 radical (unpaired) electrons. The maximum Gasteiger partial charge on any atom is 0.142 e. The van der Waals surface area contributed by atoms with Crippen LogP contribution in [0.4, 0.5) is 0 Å². The van der Waals surface area contributed by atoms with Gasteiger partial charge in [-0.15, -0.1) is 0 Å². The zero-order valence-electron chi connectivity index (χ0n) is 14.0. The minimum atomic E-state index is 0.249. The van der Waals surface area contributed by atoms with Crippen LogP contribution in [0.25, 0.3) is 0 Å². The minimum Gasteiger partial charge on any atom is -0.308 e. The van der Waals surface area contributed by atoms with Crippen molar-refractivity contribution in [2.75, 3.05) is 13.1 Å². The molecule has 1 fully saturated rings. The van der Waals surface area contributed by atoms with Crippen molar-refractivity contribution < 1.29 is 0 Å². The molecular weight excluding hydrogens is 260 g/mol. The van der Waals surface area contributed by atoms with E-state index in [1.54, 1.807) is 0 Å². The molecule has 4 nitrogen and oxygen atoms in total. The molecule has 0 aliphatic carbocycles. The van der Waals surface area contributed by atoms with Crippen molar-refractivity contribution >= 4 is 0 Å². The highest BCUT2D eigenvalue weighted by Gasteiger charge is 2.38. The molecule has 2 rings (SSSR count). The van der Waals surface area contributed by atoms with Crippen LogP contribution < -0.4 is 5.32 Å². The molecule has 1 aromatic heterocycles. The topological polar surface area (TPSA) is 41.0 Å². The van der Waals surface area contributed by atoms with E-state index in [4.69, 9.17) is 0 Å². The predicted octanol–water partition coefficient (Wildman–Crippen LogP) is 2.86. The Hall–Kier alpha value is -1.00. The minimum absolute atomic E-state index is 0.249. The predicted molar refractivity (Wildman–Crippen MR) is 87.0 cm³/mol. The van der Waals surface area contributed by atoms with Gasteiger partial charge in [-0.2, -0.15) is 0 Å². The van der Waals surface area contributed by atoms with Crippen LogP contribution in [0.2, 0.25) is 0 Å². The number of rotatable bonds is 6. The van der Waals surface area contributed by atoms with Crippen LogP contribution in [0.5, 0.6) is 0 Å². The molecule has 0 aromatic carbocycles. The fourth-order valence-corrected chi connectivity index (χ4v) is 3.34. The molecule has 0 bridgehead atoms. The second kappa shape index (κ2) is 7.32. The first-order chi connectivity index (χ1) is 10.1. The number of nitrogens with zero attached hydrogens (tertiary/aromatic N) is 3. The lowest BCUT2D eigenvalue weighted by molar-refractivity contribution is 0.0376. The molecule has 4 heteroatoms. The van der Waals surface area contributed by atoms with Crippen LogP contribution in [0.15, 0.2) is 18.5 Å². The van der Waals surface area contributed by atoms with E-state index in [0.717, 1.165) is 25.5 Å². The zero-order chi connectivity index (χ0) is 15.3. The van der Waals surface area contributed by atoms with Gasteiger partial charge in [-0.25, -0.2) is 9.97 Å². The van der Waals surface area contributed by atoms with Gasteiger partial charge in [-0.3, -0.25) is 4.90 Å². The summed E-state index contributed by atoms with van der Waals surface area (Å²) in [5.41, 5.74) is 0.249. The van der Waals surface area contributed by atoms with Gasteiger partial charge in [0.05, 0.1) is 6.54 Å². The Morgan fingerprint density at radius 3 is 2.52 bits per heavy atom. The smallest absolute Gasteiger partial charge is 0.142 e. The average molecular weight is 290 g/mol. The molecular formula is C17H30N4. The van der Waals surface area contributed by atoms with Gasteiger partial charge in [0.15, 0.2) is 0 Å². The lowest BCUT2D eigenvalue weighted by Gasteiger charge is -2.49. The summed E-state index contributed by atoms with van der Waals surface area (Å²) in [5.74, 6) is 1.63. The molecule has 2 unspecified atom stereocenters. The van der Waals surface area contributed by atoms with E-state index in [-0.39, 0.29) is 5.54 Å². The molecule has 21 heavy (non-hydrogen) atoms. The van der Waals surface area contributed by atoms with Crippen molar-refractivity contribution in [2.24, 2.45) is 5.92 Å². The van der Waals surface area contributed by atoms with Gasteiger partial charge < -0.3 is 5.32 Å². The summed E-state index contributed by atoms with van der Waals surface area (Å²) in [6.45, 7) is 12.2. The van der Waals surface area contributed by atoms with Crippen LogP contribution in [0.3, 0.4) is 0 Å². The Labute approximate surface area is 129 Å². The fraction of sp³-hybridized carbons (Fsp3) is 0.765. The van der Waals surface area contributed by atoms with Gasteiger partial charge >= 0.3 is 0 Å². The van der Waals surface area contributed by atoms with E-state index >= 15 is 0 Å². The largest absolute Gasteiger partial charge is 0.308 e. The first-order valence-electron chi connectivity index (χ1n) is 8.39. The summed E-state index contributed by atoms with van der Waals surface area (Å²) in [6, 6.07) is 2.46. The highest BCUT2D eigenvalue weighted by atomic mass is 15.3. The molecule has 1 aliphatic rings. The average Bonchev–Trinajstić information content (AvgIpc) is 2.55. The number of piperazine rings is 1. The molecule has 0 amide bonds. The summed E-state index contributed by atoms with van der Waals surface area (Å²) in [4.78, 5) is 11.4. The molecule has 1 saturated heterocycles. The van der Waals surface area contributed by atoms with Gasteiger partial charge in [0.1, 0.15) is 5.82 Å². The number of aromatic nitrogens is 2. The third-order valence-electron chi connectivity index (χ3n) is 5.28. The summed E-state index contributed by atoms with van der Waals surface area (Å²) < 4.78 is 0. The molecule has 1 N–H and O–H groups in total. The van der Waals surface area contributed by atoms with E-state index in [0.29, 0.717) is 12.0 Å². The van der Waals surface area contributed by atoms with Crippen LogP contribution in [-0.4, -0.2) is 39.5 Å². The van der Waals surface area contributed by atoms with Crippen molar-refractivity contribution in [2.45, 2.75) is 65.1 Å². The third-order valence-corrected chi connectivity index (χ3v) is 5.28. The van der Waals surface area contributed by atoms with Crippen LogP contribution in [0, 0.1) is 5.92 Å². The Kier molecular flexibility index (Phi) is 5.71. The van der Waals surface area contributed by atoms with E-state index in [1.807, 2.05) is 18.5 Å². The molecule has 1 aliphatic heterocycles. The standard InChI is InChI=1S/C17H30N4/c1-5-14(4)15-11-20-17(6-2,7-3)13-21(15)12-16-18-9-8-10-19-16/h8-10,14-15,20H,5-7,11-13H2,1-4H3. The van der Waals surface area contributed by atoms with Crippen LogP contribution >= 0.6 is 0 Å². The Balaban J connectivity index is 2.16. The van der Waals surface area contributed by atoms with Crippen LogP contribution in [0.1, 0.15) is 52.8 Å². The molecule has 2 atom stereocenters. The first kappa shape index (κ1) is 16.4. The van der Waals surface area contributed by atoms with E-state index in [9.17, 15) is 0 Å². The summed E-state index contributed by atoms with van der Waals surface area (Å²) in [6.07, 6.45) is 7.24. The van der Waals surface area contributed by atoms with Crippen molar-refractivity contribution in [3.8, 4) is 0 Å². The fourth-order valence-electron chi connectivity index (χ4n) is 3.34. The summed E-state index contributed by atoms with van der Waals surface area (Å²) in [5, 5.41) is 3.83. The third kappa shape index (κ3) is 3.80. The zero-order valence-corrected chi connectivity index (χ0v) is 14.0. The Morgan fingerprint density at radius 2 is 1.95 bits per heavy atom. The van der Waals surface area contributed by atoms with Crippen molar-refractivity contribution in [3.05, 3.63) is 24.3 Å². The highest BCUT2D eigenvalue weighted by Crippen LogP contribution is 2.27. The molecule has 118 valence electrons. The Morgan fingerprint density at radius 1 is 1.29 bits per heavy atom. The van der Waals surface area contributed by atoms with E-state index in [2.05, 4.69) is 47.9 Å². The quantitative estimate of drug-likeness (QED) is 0.874. The van der Waals surface area contributed by atoms with E-state index in [1.165, 1.54) is 19.3 Å². The van der Waals surface area contributed by atoms with Gasteiger partial charge in [0.2, 0.25) is 0 Å². The van der Waals surface area contributed by atoms with E-state index < -0.39 is 0 Å². The Bertz CT molecular complexity index is 416. The van der Waals surface area contributed by atoms with Gasteiger partial charge in [0, 0.05) is 37.1 Å². The highest BCUT2D eigenvalue weighted by molar-refractivity contribution is 5.00. The summed E-state index contributed by atoms with van der Waals surface area (Å²) >= 11 is 0. The number of nitrogens with one attached hydrogen (secondary N) is 1. The molecule has 0 spiro atoms. The lowest BCUT2D eigenvalue weighted by Crippen LogP contribution is -2.64. The van der Waals surface area contributed by atoms with Crippen LogP contribution in [-0.2, 0) is 6.54 Å². The molecule has 1 aromatic rings. The lowest BCUT2D eigenvalue weighted by atomic mass is 9.85. The SMILES string of the molecule is CCC(C)C1CNC(CC)(CC)CN1Cc1ncccn1.